The minimum Gasteiger partial charge on any atom is -0.497 e. The van der Waals surface area contributed by atoms with E-state index in [0.29, 0.717) is 28.7 Å². The SMILES string of the molecule is CNc1nc2c(s1)C(=O)CN(C(=O)[C@@H](N)Cc1cccc(OC)c1)C2. The number of fused-ring (bicyclic) bond motifs is 1. The Morgan fingerprint density at radius 3 is 3.00 bits per heavy atom. The van der Waals surface area contributed by atoms with E-state index in [0.717, 1.165) is 11.3 Å². The summed E-state index contributed by atoms with van der Waals surface area (Å²) < 4.78 is 5.19. The summed E-state index contributed by atoms with van der Waals surface area (Å²) in [6.07, 6.45) is 0.381. The Hall–Kier alpha value is -2.45. The molecule has 8 heteroatoms. The van der Waals surface area contributed by atoms with Gasteiger partial charge in [0.1, 0.15) is 5.75 Å². The number of hydrogen-bond acceptors (Lipinski definition) is 7. The van der Waals surface area contributed by atoms with E-state index < -0.39 is 6.04 Å². The van der Waals surface area contributed by atoms with Gasteiger partial charge in [0.05, 0.1) is 36.8 Å². The summed E-state index contributed by atoms with van der Waals surface area (Å²) in [5, 5.41) is 3.60. The first-order chi connectivity index (χ1) is 12.0. The highest BCUT2D eigenvalue weighted by Crippen LogP contribution is 2.28. The van der Waals surface area contributed by atoms with E-state index in [1.807, 2.05) is 24.3 Å². The fourth-order valence-corrected chi connectivity index (χ4v) is 3.65. The average molecular weight is 360 g/mol. The van der Waals surface area contributed by atoms with E-state index in [1.165, 1.54) is 16.2 Å². The molecule has 1 aliphatic heterocycles. The molecule has 7 nitrogen and oxygen atoms in total. The van der Waals surface area contributed by atoms with Crippen LogP contribution in [0.5, 0.6) is 5.75 Å². The highest BCUT2D eigenvalue weighted by Gasteiger charge is 2.32. The number of hydrogen-bond donors (Lipinski definition) is 2. The third-order valence-corrected chi connectivity index (χ3v) is 5.21. The van der Waals surface area contributed by atoms with E-state index in [2.05, 4.69) is 10.3 Å². The molecule has 0 spiro atoms. The number of Topliss-reactive ketones (excluding diaryl/α,β-unsaturated/α-hetero) is 1. The van der Waals surface area contributed by atoms with Crippen molar-refractivity contribution in [2.45, 2.75) is 19.0 Å². The number of amides is 1. The molecule has 2 heterocycles. The number of benzene rings is 1. The van der Waals surface area contributed by atoms with Gasteiger partial charge in [-0.15, -0.1) is 0 Å². The fraction of sp³-hybridized carbons (Fsp3) is 0.353. The second-order valence-corrected chi connectivity index (χ2v) is 6.82. The number of nitrogens with two attached hydrogens (primary N) is 1. The molecule has 3 N–H and O–H groups in total. The molecular formula is C17H20N4O3S. The number of ether oxygens (including phenoxy) is 1. The van der Waals surface area contributed by atoms with Crippen LogP contribution in [0.3, 0.4) is 0 Å². The summed E-state index contributed by atoms with van der Waals surface area (Å²) in [6.45, 7) is 0.354. The molecule has 0 bridgehead atoms. The first kappa shape index (κ1) is 17.4. The smallest absolute Gasteiger partial charge is 0.240 e. The van der Waals surface area contributed by atoms with E-state index in [-0.39, 0.29) is 18.2 Å². The maximum absolute atomic E-state index is 12.7. The third kappa shape index (κ3) is 3.64. The first-order valence-electron chi connectivity index (χ1n) is 7.89. The molecule has 3 rings (SSSR count). The Balaban J connectivity index is 1.71. The Bertz CT molecular complexity index is 805. The Labute approximate surface area is 149 Å². The average Bonchev–Trinajstić information content (AvgIpc) is 3.05. The number of aromatic nitrogens is 1. The molecule has 2 aromatic rings. The molecule has 1 aromatic carbocycles. The van der Waals surface area contributed by atoms with Crippen LogP contribution in [0.2, 0.25) is 0 Å². The highest BCUT2D eigenvalue weighted by atomic mass is 32.1. The van der Waals surface area contributed by atoms with Crippen molar-refractivity contribution in [2.24, 2.45) is 5.73 Å². The van der Waals surface area contributed by atoms with Crippen LogP contribution in [0.15, 0.2) is 24.3 Å². The molecule has 0 saturated heterocycles. The molecule has 1 amide bonds. The van der Waals surface area contributed by atoms with Gasteiger partial charge in [0, 0.05) is 7.05 Å². The van der Waals surface area contributed by atoms with Crippen molar-refractivity contribution in [3.05, 3.63) is 40.4 Å². The van der Waals surface area contributed by atoms with Gasteiger partial charge < -0.3 is 20.7 Å². The zero-order valence-electron chi connectivity index (χ0n) is 14.1. The van der Waals surface area contributed by atoms with Gasteiger partial charge in [0.2, 0.25) is 5.91 Å². The van der Waals surface area contributed by atoms with Gasteiger partial charge in [0.15, 0.2) is 10.9 Å². The van der Waals surface area contributed by atoms with Crippen molar-refractivity contribution in [3.63, 3.8) is 0 Å². The number of ketones is 1. The Morgan fingerprint density at radius 2 is 2.28 bits per heavy atom. The van der Waals surface area contributed by atoms with Crippen LogP contribution in [-0.4, -0.2) is 48.3 Å². The second kappa shape index (κ2) is 7.20. The van der Waals surface area contributed by atoms with Crippen LogP contribution >= 0.6 is 11.3 Å². The van der Waals surface area contributed by atoms with E-state index in [9.17, 15) is 9.59 Å². The van der Waals surface area contributed by atoms with Crippen LogP contribution in [-0.2, 0) is 17.8 Å². The maximum Gasteiger partial charge on any atom is 0.240 e. The maximum atomic E-state index is 12.7. The molecule has 1 atom stereocenters. The third-order valence-electron chi connectivity index (χ3n) is 4.06. The summed E-state index contributed by atoms with van der Waals surface area (Å²) in [5.41, 5.74) is 7.64. The Kier molecular flexibility index (Phi) is 5.00. The number of methoxy groups -OCH3 is 1. The zero-order chi connectivity index (χ0) is 18.0. The van der Waals surface area contributed by atoms with Gasteiger partial charge in [-0.25, -0.2) is 4.98 Å². The second-order valence-electron chi connectivity index (χ2n) is 5.82. The molecule has 132 valence electrons. The van der Waals surface area contributed by atoms with Gasteiger partial charge in [-0.05, 0) is 24.1 Å². The molecule has 0 unspecified atom stereocenters. The monoisotopic (exact) mass is 360 g/mol. The van der Waals surface area contributed by atoms with Crippen LogP contribution in [0.25, 0.3) is 0 Å². The lowest BCUT2D eigenvalue weighted by atomic mass is 10.0. The summed E-state index contributed by atoms with van der Waals surface area (Å²) in [6, 6.07) is 6.73. The van der Waals surface area contributed by atoms with Crippen molar-refractivity contribution in [2.75, 3.05) is 26.0 Å². The lowest BCUT2D eigenvalue weighted by molar-refractivity contribution is -0.132. The predicted octanol–water partition coefficient (Wildman–Crippen LogP) is 1.29. The normalized spacial score (nSPS) is 14.8. The standard InChI is InChI=1S/C17H20N4O3S/c1-19-17-20-13-8-21(9-14(22)15(13)25-17)16(23)12(18)7-10-4-3-5-11(6-10)24-2/h3-6,12H,7-9,18H2,1-2H3,(H,19,20)/t12-/m0/s1. The van der Waals surface area contributed by atoms with Crippen LogP contribution < -0.4 is 15.8 Å². The van der Waals surface area contributed by atoms with Crippen LogP contribution in [0.1, 0.15) is 20.9 Å². The van der Waals surface area contributed by atoms with Crippen LogP contribution in [0, 0.1) is 0 Å². The van der Waals surface area contributed by atoms with E-state index >= 15 is 0 Å². The number of carbonyl (C=O) groups excluding carboxylic acids is 2. The minimum atomic E-state index is -0.719. The number of carbonyl (C=O) groups is 2. The molecule has 1 aliphatic rings. The largest absolute Gasteiger partial charge is 0.497 e. The predicted molar refractivity (Wildman–Crippen MR) is 96.1 cm³/mol. The van der Waals surface area contributed by atoms with Gasteiger partial charge in [-0.3, -0.25) is 9.59 Å². The van der Waals surface area contributed by atoms with Gasteiger partial charge in [-0.2, -0.15) is 0 Å². The lowest BCUT2D eigenvalue weighted by Gasteiger charge is -2.27. The number of anilines is 1. The van der Waals surface area contributed by atoms with Crippen LogP contribution in [0.4, 0.5) is 5.13 Å². The Morgan fingerprint density at radius 1 is 1.48 bits per heavy atom. The lowest BCUT2D eigenvalue weighted by Crippen LogP contribution is -2.48. The summed E-state index contributed by atoms with van der Waals surface area (Å²) >= 11 is 1.32. The van der Waals surface area contributed by atoms with Gasteiger partial charge >= 0.3 is 0 Å². The molecule has 0 saturated carbocycles. The van der Waals surface area contributed by atoms with Gasteiger partial charge in [-0.1, -0.05) is 23.5 Å². The van der Waals surface area contributed by atoms with E-state index in [4.69, 9.17) is 10.5 Å². The van der Waals surface area contributed by atoms with Gasteiger partial charge in [0.25, 0.3) is 0 Å². The molecule has 1 aromatic heterocycles. The number of rotatable bonds is 5. The molecule has 0 fully saturated rings. The fourth-order valence-electron chi connectivity index (χ4n) is 2.80. The number of nitrogens with one attached hydrogen (secondary N) is 1. The van der Waals surface area contributed by atoms with Crippen molar-refractivity contribution in [1.29, 1.82) is 0 Å². The summed E-state index contributed by atoms with van der Waals surface area (Å²) in [5.74, 6) is 0.375. The summed E-state index contributed by atoms with van der Waals surface area (Å²) in [4.78, 5) is 31.4. The molecular weight excluding hydrogens is 340 g/mol. The topological polar surface area (TPSA) is 97.6 Å². The van der Waals surface area contributed by atoms with Crippen molar-refractivity contribution < 1.29 is 14.3 Å². The number of thiazole rings is 1. The number of nitrogens with zero attached hydrogens (tertiary/aromatic N) is 2. The highest BCUT2D eigenvalue weighted by molar-refractivity contribution is 7.17. The molecule has 0 radical (unpaired) electrons. The molecule has 25 heavy (non-hydrogen) atoms. The van der Waals surface area contributed by atoms with E-state index in [1.54, 1.807) is 14.2 Å². The quantitative estimate of drug-likeness (QED) is 0.834. The zero-order valence-corrected chi connectivity index (χ0v) is 14.9. The van der Waals surface area contributed by atoms with Crippen molar-refractivity contribution in [1.82, 2.24) is 9.88 Å². The van der Waals surface area contributed by atoms with Crippen molar-refractivity contribution >= 4 is 28.2 Å². The minimum absolute atomic E-state index is 0.0446. The summed E-state index contributed by atoms with van der Waals surface area (Å²) in [7, 11) is 3.34. The molecule has 0 aliphatic carbocycles. The first-order valence-corrected chi connectivity index (χ1v) is 8.71. The van der Waals surface area contributed by atoms with Crippen molar-refractivity contribution in [3.8, 4) is 5.75 Å².